The van der Waals surface area contributed by atoms with E-state index in [1.807, 2.05) is 13.8 Å². The summed E-state index contributed by atoms with van der Waals surface area (Å²) in [7, 11) is 0. The zero-order valence-corrected chi connectivity index (χ0v) is 15.7. The lowest BCUT2D eigenvalue weighted by Gasteiger charge is -2.14. The molecule has 0 bridgehead atoms. The van der Waals surface area contributed by atoms with Crippen molar-refractivity contribution in [3.63, 3.8) is 0 Å². The topological polar surface area (TPSA) is 46.5 Å². The molecule has 0 aromatic heterocycles. The molecule has 0 amide bonds. The predicted octanol–water partition coefficient (Wildman–Crippen LogP) is 6.03. The highest BCUT2D eigenvalue weighted by Gasteiger charge is 2.39. The average Bonchev–Trinajstić information content (AvgIpc) is 2.85. The van der Waals surface area contributed by atoms with Crippen molar-refractivity contribution in [3.8, 4) is 5.75 Å². The molecule has 1 N–H and O–H groups in total. The molecule has 1 aromatic rings. The van der Waals surface area contributed by atoms with E-state index in [4.69, 9.17) is 9.84 Å². The second kappa shape index (κ2) is 10.2. The van der Waals surface area contributed by atoms with Gasteiger partial charge in [0.15, 0.2) is 0 Å². The molecule has 0 aliphatic heterocycles. The van der Waals surface area contributed by atoms with Gasteiger partial charge < -0.3 is 9.84 Å². The summed E-state index contributed by atoms with van der Waals surface area (Å²) in [4.78, 5) is 10.6. The van der Waals surface area contributed by atoms with Gasteiger partial charge in [-0.1, -0.05) is 32.1 Å². The van der Waals surface area contributed by atoms with Crippen LogP contribution in [0, 0.1) is 0 Å². The quantitative estimate of drug-likeness (QED) is 0.590. The molecule has 1 aromatic carbocycles. The molecule has 160 valence electrons. The summed E-state index contributed by atoms with van der Waals surface area (Å²) in [5.74, 6) is -0.766. The first-order chi connectivity index (χ1) is 13.4. The van der Waals surface area contributed by atoms with Gasteiger partial charge in [-0.3, -0.25) is 4.79 Å². The summed E-state index contributed by atoms with van der Waals surface area (Å²) in [6.07, 6.45) is -9.06. The maximum atomic E-state index is 13.0. The van der Waals surface area contributed by atoms with Gasteiger partial charge in [0.25, 0.3) is 0 Å². The van der Waals surface area contributed by atoms with Crippen LogP contribution in [-0.4, -0.2) is 30.0 Å². The molecule has 1 aliphatic rings. The van der Waals surface area contributed by atoms with E-state index in [0.717, 1.165) is 6.08 Å². The Labute approximate surface area is 164 Å². The molecule has 29 heavy (non-hydrogen) atoms. The van der Waals surface area contributed by atoms with E-state index in [1.165, 1.54) is 24.3 Å². The van der Waals surface area contributed by atoms with E-state index in [0.29, 0.717) is 11.6 Å². The van der Waals surface area contributed by atoms with Crippen LogP contribution in [0.5, 0.6) is 5.75 Å². The summed E-state index contributed by atoms with van der Waals surface area (Å²) in [6, 6.07) is 5.83. The van der Waals surface area contributed by atoms with Crippen molar-refractivity contribution in [1.29, 1.82) is 0 Å². The minimum Gasteiger partial charge on any atom is -0.489 e. The third kappa shape index (κ3) is 8.05. The summed E-state index contributed by atoms with van der Waals surface area (Å²) in [5.41, 5.74) is -2.17. The monoisotopic (exact) mass is 422 g/mol. The van der Waals surface area contributed by atoms with Gasteiger partial charge in [-0.25, -0.2) is 0 Å². The number of benzene rings is 1. The number of carboxylic acids is 1. The first-order valence-electron chi connectivity index (χ1n) is 8.63. The minimum atomic E-state index is -4.90. The lowest BCUT2D eigenvalue weighted by molar-refractivity contribution is -0.136. The Kier molecular flexibility index (Phi) is 8.54. The summed E-state index contributed by atoms with van der Waals surface area (Å²) in [6.45, 7) is 3.66. The van der Waals surface area contributed by atoms with Gasteiger partial charge >= 0.3 is 18.3 Å². The highest BCUT2D eigenvalue weighted by Crippen LogP contribution is 2.37. The molecule has 0 saturated carbocycles. The predicted molar refractivity (Wildman–Crippen MR) is 95.6 cm³/mol. The fourth-order valence-electron chi connectivity index (χ4n) is 2.31. The second-order valence-corrected chi connectivity index (χ2v) is 5.79. The van der Waals surface area contributed by atoms with E-state index in [9.17, 15) is 31.1 Å². The Morgan fingerprint density at radius 3 is 2.07 bits per heavy atom. The molecular formula is C20H20F6O3. The molecule has 0 unspecified atom stereocenters. The SMILES string of the molecule is CC.O=C(O)Cc1ccc(OCC2=CC=C(C(F)(F)F)C=C(C(F)(F)F)C2)cc1. The van der Waals surface area contributed by atoms with Crippen molar-refractivity contribution in [2.24, 2.45) is 0 Å². The van der Waals surface area contributed by atoms with E-state index in [1.54, 1.807) is 0 Å². The Hall–Kier alpha value is -2.71. The lowest BCUT2D eigenvalue weighted by atomic mass is 10.1. The van der Waals surface area contributed by atoms with Gasteiger partial charge in [0.05, 0.1) is 12.0 Å². The van der Waals surface area contributed by atoms with E-state index >= 15 is 0 Å². The number of alkyl halides is 6. The number of hydrogen-bond donors (Lipinski definition) is 1. The van der Waals surface area contributed by atoms with Crippen LogP contribution >= 0.6 is 0 Å². The first-order valence-corrected chi connectivity index (χ1v) is 8.63. The molecule has 0 fully saturated rings. The highest BCUT2D eigenvalue weighted by atomic mass is 19.4. The van der Waals surface area contributed by atoms with Gasteiger partial charge in [0.1, 0.15) is 12.4 Å². The Morgan fingerprint density at radius 1 is 1.00 bits per heavy atom. The van der Waals surface area contributed by atoms with Gasteiger partial charge in [-0.05, 0) is 35.4 Å². The average molecular weight is 422 g/mol. The largest absolute Gasteiger partial charge is 0.489 e. The molecule has 2 rings (SSSR count). The smallest absolute Gasteiger partial charge is 0.416 e. The Bertz CT molecular complexity index is 784. The number of halogens is 6. The van der Waals surface area contributed by atoms with Crippen molar-refractivity contribution in [1.82, 2.24) is 0 Å². The number of carboxylic acid groups (broad SMARTS) is 1. The van der Waals surface area contributed by atoms with Crippen LogP contribution in [0.25, 0.3) is 0 Å². The first kappa shape index (κ1) is 24.3. The summed E-state index contributed by atoms with van der Waals surface area (Å²) < 4.78 is 82.7. The maximum absolute atomic E-state index is 13.0. The molecule has 3 nitrogen and oxygen atoms in total. The molecular weight excluding hydrogens is 402 g/mol. The Balaban J connectivity index is 0.00000204. The van der Waals surface area contributed by atoms with Crippen LogP contribution in [0.2, 0.25) is 0 Å². The molecule has 0 atom stereocenters. The van der Waals surface area contributed by atoms with Crippen LogP contribution in [0.15, 0.2) is 59.2 Å². The Morgan fingerprint density at radius 2 is 1.59 bits per heavy atom. The fourth-order valence-corrected chi connectivity index (χ4v) is 2.31. The number of carbonyl (C=O) groups is 1. The van der Waals surface area contributed by atoms with Crippen LogP contribution in [0.3, 0.4) is 0 Å². The molecule has 9 heteroatoms. The minimum absolute atomic E-state index is 0.0208. The van der Waals surface area contributed by atoms with Crippen molar-refractivity contribution in [3.05, 3.63) is 64.8 Å². The zero-order valence-electron chi connectivity index (χ0n) is 15.7. The van der Waals surface area contributed by atoms with Crippen LogP contribution in [-0.2, 0) is 11.2 Å². The van der Waals surface area contributed by atoms with E-state index in [-0.39, 0.29) is 30.4 Å². The zero-order chi connectivity index (χ0) is 22.2. The third-order valence-corrected chi connectivity index (χ3v) is 3.64. The lowest BCUT2D eigenvalue weighted by Crippen LogP contribution is -2.16. The molecule has 1 aliphatic carbocycles. The molecule has 0 spiro atoms. The highest BCUT2D eigenvalue weighted by molar-refractivity contribution is 5.70. The van der Waals surface area contributed by atoms with Gasteiger partial charge in [-0.15, -0.1) is 0 Å². The number of allylic oxidation sites excluding steroid dienone is 5. The van der Waals surface area contributed by atoms with Gasteiger partial charge in [-0.2, -0.15) is 26.3 Å². The molecule has 0 radical (unpaired) electrons. The van der Waals surface area contributed by atoms with Gasteiger partial charge in [0, 0.05) is 12.0 Å². The molecule has 0 heterocycles. The summed E-state index contributed by atoms with van der Waals surface area (Å²) >= 11 is 0. The standard InChI is InChI=1S/C18H14F6O3.C2H6/c19-17(20,21)13-4-1-12(7-14(9-13)18(22,23)24)10-27-15-5-2-11(3-6-15)8-16(25)26;1-2/h1-6,9H,7-8,10H2,(H,25,26);1-2H3. The van der Waals surface area contributed by atoms with Crippen LogP contribution in [0.1, 0.15) is 25.8 Å². The van der Waals surface area contributed by atoms with E-state index < -0.39 is 35.9 Å². The number of rotatable bonds is 5. The van der Waals surface area contributed by atoms with Gasteiger partial charge in [0.2, 0.25) is 0 Å². The third-order valence-electron chi connectivity index (χ3n) is 3.64. The fraction of sp³-hybridized carbons (Fsp3) is 0.350. The van der Waals surface area contributed by atoms with Crippen molar-refractivity contribution >= 4 is 5.97 Å². The van der Waals surface area contributed by atoms with Crippen molar-refractivity contribution in [2.75, 3.05) is 6.61 Å². The number of hydrogen-bond acceptors (Lipinski definition) is 2. The van der Waals surface area contributed by atoms with Crippen molar-refractivity contribution < 1.29 is 41.0 Å². The van der Waals surface area contributed by atoms with E-state index in [2.05, 4.69) is 0 Å². The normalized spacial score (nSPS) is 14.6. The molecule has 0 saturated heterocycles. The van der Waals surface area contributed by atoms with Crippen LogP contribution in [0.4, 0.5) is 26.3 Å². The van der Waals surface area contributed by atoms with Crippen molar-refractivity contribution in [2.45, 2.75) is 39.0 Å². The number of aliphatic carboxylic acids is 1. The second-order valence-electron chi connectivity index (χ2n) is 5.79. The summed E-state index contributed by atoms with van der Waals surface area (Å²) in [5, 5.41) is 8.68. The van der Waals surface area contributed by atoms with Crippen LogP contribution < -0.4 is 4.74 Å². The number of ether oxygens (including phenoxy) is 1. The maximum Gasteiger partial charge on any atom is 0.416 e.